The fraction of sp³-hybridized carbons (Fsp3) is 0.0192. The lowest BCUT2D eigenvalue weighted by Gasteiger charge is -2.24. The standard InChI is InChI=1S/C52H36N6/c1-5-14-38(15-6-1)47-53-48(39-16-7-2-8-17-39)56-51(55-47)42-29-24-35(25-30-42)44-33-28-36-22-13-23-45(46(36)34-44)37-26-31-43(32-27-37)52-57-49(40-18-9-3-10-19-40)54-50(58-52)41-20-11-4-12-21-41/h1-34,52H,(H,54,57,58). The van der Waals surface area contributed by atoms with E-state index in [2.05, 4.69) is 115 Å². The summed E-state index contributed by atoms with van der Waals surface area (Å²) in [5, 5.41) is 5.96. The van der Waals surface area contributed by atoms with Gasteiger partial charge in [0.05, 0.1) is 0 Å². The van der Waals surface area contributed by atoms with Crippen molar-refractivity contribution < 1.29 is 0 Å². The molecule has 0 saturated heterocycles. The molecule has 8 aromatic carbocycles. The third-order valence-electron chi connectivity index (χ3n) is 10.4. The Morgan fingerprint density at radius 2 is 0.845 bits per heavy atom. The summed E-state index contributed by atoms with van der Waals surface area (Å²) in [6.07, 6.45) is -0.286. The van der Waals surface area contributed by atoms with Crippen molar-refractivity contribution in [2.75, 3.05) is 0 Å². The number of aliphatic imine (C=N–C) groups is 2. The van der Waals surface area contributed by atoms with Gasteiger partial charge in [0.1, 0.15) is 12.0 Å². The van der Waals surface area contributed by atoms with Gasteiger partial charge < -0.3 is 5.32 Å². The van der Waals surface area contributed by atoms with Crippen LogP contribution in [0.15, 0.2) is 216 Å². The lowest BCUT2D eigenvalue weighted by molar-refractivity contribution is 0.674. The van der Waals surface area contributed by atoms with Crippen molar-refractivity contribution in [3.8, 4) is 56.4 Å². The van der Waals surface area contributed by atoms with Crippen LogP contribution < -0.4 is 5.32 Å². The molecule has 0 radical (unpaired) electrons. The van der Waals surface area contributed by atoms with Crippen molar-refractivity contribution in [3.63, 3.8) is 0 Å². The Morgan fingerprint density at radius 3 is 1.43 bits per heavy atom. The van der Waals surface area contributed by atoms with Crippen LogP contribution in [-0.4, -0.2) is 26.6 Å². The zero-order valence-corrected chi connectivity index (χ0v) is 31.4. The molecule has 274 valence electrons. The highest BCUT2D eigenvalue weighted by Crippen LogP contribution is 2.34. The van der Waals surface area contributed by atoms with Gasteiger partial charge in [-0.15, -0.1) is 0 Å². The van der Waals surface area contributed by atoms with Gasteiger partial charge in [-0.2, -0.15) is 0 Å². The first-order valence-corrected chi connectivity index (χ1v) is 19.4. The highest BCUT2D eigenvalue weighted by Gasteiger charge is 2.21. The summed E-state index contributed by atoms with van der Waals surface area (Å²) in [7, 11) is 0. The molecule has 0 fully saturated rings. The number of nitrogens with one attached hydrogen (secondary N) is 1. The number of rotatable bonds is 8. The fourth-order valence-corrected chi connectivity index (χ4v) is 7.38. The molecule has 0 aliphatic carbocycles. The second kappa shape index (κ2) is 15.4. The van der Waals surface area contributed by atoms with Crippen molar-refractivity contribution in [1.82, 2.24) is 20.3 Å². The minimum Gasteiger partial charge on any atom is -0.344 e. The van der Waals surface area contributed by atoms with E-state index < -0.39 is 0 Å². The molecule has 1 unspecified atom stereocenters. The first-order valence-electron chi connectivity index (χ1n) is 19.4. The molecule has 1 aliphatic rings. The van der Waals surface area contributed by atoms with E-state index in [-0.39, 0.29) is 6.17 Å². The zero-order valence-electron chi connectivity index (χ0n) is 31.4. The van der Waals surface area contributed by atoms with E-state index in [4.69, 9.17) is 24.9 Å². The van der Waals surface area contributed by atoms with Crippen LogP contribution >= 0.6 is 0 Å². The molecule has 2 heterocycles. The number of hydrogen-bond donors (Lipinski definition) is 1. The van der Waals surface area contributed by atoms with Gasteiger partial charge in [-0.3, -0.25) is 0 Å². The molecular formula is C52H36N6. The number of nitrogens with zero attached hydrogens (tertiary/aromatic N) is 5. The largest absolute Gasteiger partial charge is 0.344 e. The monoisotopic (exact) mass is 744 g/mol. The van der Waals surface area contributed by atoms with Gasteiger partial charge in [-0.25, -0.2) is 24.9 Å². The van der Waals surface area contributed by atoms with Gasteiger partial charge in [0.2, 0.25) is 0 Å². The molecule has 9 aromatic rings. The SMILES string of the molecule is c1ccc(C2=NC(c3ccc(-c4cccc5ccc(-c6ccc(-c7nc(-c8ccccc8)nc(-c8ccccc8)n7)cc6)cc45)cc3)NC(c3ccccc3)=N2)cc1. The third-order valence-corrected chi connectivity index (χ3v) is 10.4. The summed E-state index contributed by atoms with van der Waals surface area (Å²) in [6.45, 7) is 0. The molecule has 0 bridgehead atoms. The molecule has 10 rings (SSSR count). The molecule has 0 spiro atoms. The van der Waals surface area contributed by atoms with Crippen LogP contribution in [0.1, 0.15) is 22.9 Å². The number of fused-ring (bicyclic) bond motifs is 1. The lowest BCUT2D eigenvalue weighted by Crippen LogP contribution is -2.33. The molecule has 1 aromatic heterocycles. The minimum absolute atomic E-state index is 0.286. The van der Waals surface area contributed by atoms with Crippen molar-refractivity contribution in [1.29, 1.82) is 0 Å². The average molecular weight is 745 g/mol. The van der Waals surface area contributed by atoms with Gasteiger partial charge in [-0.1, -0.05) is 200 Å². The summed E-state index contributed by atoms with van der Waals surface area (Å²) in [5.41, 5.74) is 10.5. The Morgan fingerprint density at radius 1 is 0.362 bits per heavy atom. The zero-order chi connectivity index (χ0) is 38.7. The van der Waals surface area contributed by atoms with Crippen LogP contribution in [0.3, 0.4) is 0 Å². The van der Waals surface area contributed by atoms with Gasteiger partial charge in [-0.05, 0) is 44.7 Å². The van der Waals surface area contributed by atoms with Crippen LogP contribution in [0.5, 0.6) is 0 Å². The average Bonchev–Trinajstić information content (AvgIpc) is 3.32. The summed E-state index contributed by atoms with van der Waals surface area (Å²) in [5.74, 6) is 3.45. The van der Waals surface area contributed by atoms with Gasteiger partial charge >= 0.3 is 0 Å². The Bertz CT molecular complexity index is 2870. The van der Waals surface area contributed by atoms with Crippen molar-refractivity contribution in [2.24, 2.45) is 9.98 Å². The maximum atomic E-state index is 5.06. The summed E-state index contributed by atoms with van der Waals surface area (Å²) in [4.78, 5) is 24.7. The molecule has 0 amide bonds. The minimum atomic E-state index is -0.286. The predicted octanol–water partition coefficient (Wildman–Crippen LogP) is 11.9. The Hall–Kier alpha value is -7.83. The van der Waals surface area contributed by atoms with E-state index in [1.807, 2.05) is 97.1 Å². The highest BCUT2D eigenvalue weighted by atomic mass is 15.2. The molecule has 1 aliphatic heterocycles. The lowest BCUT2D eigenvalue weighted by atomic mass is 9.94. The van der Waals surface area contributed by atoms with Gasteiger partial charge in [0, 0.05) is 27.8 Å². The number of amidine groups is 2. The first kappa shape index (κ1) is 34.6. The van der Waals surface area contributed by atoms with Gasteiger partial charge in [0.15, 0.2) is 23.3 Å². The molecule has 1 atom stereocenters. The normalized spacial score (nSPS) is 13.7. The number of aromatic nitrogens is 3. The predicted molar refractivity (Wildman–Crippen MR) is 236 cm³/mol. The van der Waals surface area contributed by atoms with Gasteiger partial charge in [0.25, 0.3) is 0 Å². The fourth-order valence-electron chi connectivity index (χ4n) is 7.38. The number of hydrogen-bond acceptors (Lipinski definition) is 6. The van der Waals surface area contributed by atoms with E-state index in [0.29, 0.717) is 23.3 Å². The van der Waals surface area contributed by atoms with Crippen LogP contribution in [0, 0.1) is 0 Å². The molecule has 0 saturated carbocycles. The number of benzene rings is 8. The van der Waals surface area contributed by atoms with E-state index in [1.54, 1.807) is 0 Å². The Labute approximate surface area is 337 Å². The Balaban J connectivity index is 0.954. The van der Waals surface area contributed by atoms with Crippen LogP contribution in [0.4, 0.5) is 0 Å². The van der Waals surface area contributed by atoms with Crippen molar-refractivity contribution >= 4 is 22.4 Å². The molecular weight excluding hydrogens is 709 g/mol. The van der Waals surface area contributed by atoms with Crippen molar-refractivity contribution in [3.05, 3.63) is 223 Å². The second-order valence-corrected chi connectivity index (χ2v) is 14.2. The summed E-state index contributed by atoms with van der Waals surface area (Å²) in [6, 6.07) is 70.9. The van der Waals surface area contributed by atoms with E-state index >= 15 is 0 Å². The summed E-state index contributed by atoms with van der Waals surface area (Å²) >= 11 is 0. The quantitative estimate of drug-likeness (QED) is 0.168. The van der Waals surface area contributed by atoms with Crippen LogP contribution in [0.25, 0.3) is 67.2 Å². The smallest absolute Gasteiger partial charge is 0.164 e. The Kier molecular flexibility index (Phi) is 9.18. The molecule has 6 heteroatoms. The molecule has 6 nitrogen and oxygen atoms in total. The topological polar surface area (TPSA) is 75.4 Å². The van der Waals surface area contributed by atoms with Crippen LogP contribution in [0.2, 0.25) is 0 Å². The first-order chi connectivity index (χ1) is 28.7. The summed E-state index contributed by atoms with van der Waals surface area (Å²) < 4.78 is 0. The second-order valence-electron chi connectivity index (χ2n) is 14.2. The van der Waals surface area contributed by atoms with E-state index in [1.165, 1.54) is 16.3 Å². The third kappa shape index (κ3) is 7.06. The van der Waals surface area contributed by atoms with E-state index in [9.17, 15) is 0 Å². The molecule has 1 N–H and O–H groups in total. The van der Waals surface area contributed by atoms with Crippen LogP contribution in [-0.2, 0) is 0 Å². The molecule has 58 heavy (non-hydrogen) atoms. The highest BCUT2D eigenvalue weighted by molar-refractivity contribution is 6.13. The van der Waals surface area contributed by atoms with E-state index in [0.717, 1.165) is 55.9 Å². The maximum Gasteiger partial charge on any atom is 0.164 e. The van der Waals surface area contributed by atoms with Crippen molar-refractivity contribution in [2.45, 2.75) is 6.17 Å². The maximum absolute atomic E-state index is 5.06.